The van der Waals surface area contributed by atoms with Crippen molar-refractivity contribution in [3.8, 4) is 0 Å². The topological polar surface area (TPSA) is 55.5 Å². The summed E-state index contributed by atoms with van der Waals surface area (Å²) in [6.07, 6.45) is 3.19. The average Bonchev–Trinajstić information content (AvgIpc) is 2.12. The molecule has 1 heterocycles. The lowest BCUT2D eigenvalue weighted by Crippen LogP contribution is -2.13. The lowest BCUT2D eigenvalue weighted by Gasteiger charge is -1.83. The summed E-state index contributed by atoms with van der Waals surface area (Å²) >= 11 is 0. The molecule has 3 heteroatoms. The van der Waals surface area contributed by atoms with Crippen LogP contribution in [0.15, 0.2) is 16.6 Å². The monoisotopic (exact) mass is 110 g/mol. The summed E-state index contributed by atoms with van der Waals surface area (Å²) in [5.41, 5.74) is 5.42. The molecular weight excluding hydrogens is 104 g/mol. The predicted octanol–water partition coefficient (Wildman–Crippen LogP) is -0.518. The summed E-state index contributed by atoms with van der Waals surface area (Å²) in [5.74, 6) is -0.397. The van der Waals surface area contributed by atoms with Gasteiger partial charge >= 0.3 is 0 Å². The van der Waals surface area contributed by atoms with Crippen LogP contribution in [0.5, 0.6) is 0 Å². The highest BCUT2D eigenvalue weighted by Gasteiger charge is 2.02. The predicted molar refractivity (Wildman–Crippen MR) is 30.6 cm³/mol. The largest absolute Gasteiger partial charge is 0.366 e. The first-order valence-electron chi connectivity index (χ1n) is 2.30. The van der Waals surface area contributed by atoms with E-state index in [2.05, 4.69) is 4.99 Å². The maximum Gasteiger partial charge on any atom is 0.249 e. The number of nitrogens with zero attached hydrogens (tertiary/aromatic N) is 1. The molecule has 2 N–H and O–H groups in total. The van der Waals surface area contributed by atoms with Gasteiger partial charge in [0.05, 0.1) is 12.1 Å². The van der Waals surface area contributed by atoms with E-state index in [4.69, 9.17) is 5.73 Å². The van der Waals surface area contributed by atoms with Gasteiger partial charge in [-0.05, 0) is 6.08 Å². The van der Waals surface area contributed by atoms with Crippen molar-refractivity contribution in [1.82, 2.24) is 0 Å². The number of aliphatic imine (C=N–C) groups is 1. The number of carbonyl (C=O) groups is 1. The second kappa shape index (κ2) is 1.78. The maximum atomic E-state index is 10.3. The van der Waals surface area contributed by atoms with Crippen LogP contribution in [-0.2, 0) is 4.79 Å². The average molecular weight is 110 g/mol. The molecule has 0 saturated carbocycles. The van der Waals surface area contributed by atoms with Crippen molar-refractivity contribution in [1.29, 1.82) is 0 Å². The van der Waals surface area contributed by atoms with Crippen molar-refractivity contribution in [3.05, 3.63) is 11.6 Å². The number of rotatable bonds is 1. The van der Waals surface area contributed by atoms with Crippen LogP contribution in [0.3, 0.4) is 0 Å². The Kier molecular flexibility index (Phi) is 1.12. The van der Waals surface area contributed by atoms with Crippen LogP contribution >= 0.6 is 0 Å². The number of amides is 1. The third-order valence-electron chi connectivity index (χ3n) is 0.931. The molecule has 1 amide bonds. The molecule has 0 unspecified atom stereocenters. The first kappa shape index (κ1) is 5.03. The Morgan fingerprint density at radius 3 is 2.88 bits per heavy atom. The van der Waals surface area contributed by atoms with E-state index < -0.39 is 5.91 Å². The molecule has 0 saturated heterocycles. The van der Waals surface area contributed by atoms with Gasteiger partial charge in [-0.3, -0.25) is 9.79 Å². The molecule has 0 radical (unpaired) electrons. The van der Waals surface area contributed by atoms with Gasteiger partial charge in [0.2, 0.25) is 5.91 Å². The van der Waals surface area contributed by atoms with E-state index >= 15 is 0 Å². The van der Waals surface area contributed by atoms with Gasteiger partial charge in [-0.15, -0.1) is 0 Å². The van der Waals surface area contributed by atoms with Gasteiger partial charge in [-0.1, -0.05) is 0 Å². The van der Waals surface area contributed by atoms with E-state index in [1.54, 1.807) is 6.08 Å². The Bertz CT molecular complexity index is 169. The molecule has 0 spiro atoms. The highest BCUT2D eigenvalue weighted by Crippen LogP contribution is 1.95. The molecule has 1 rings (SSSR count). The van der Waals surface area contributed by atoms with Gasteiger partial charge < -0.3 is 5.73 Å². The van der Waals surface area contributed by atoms with Crippen LogP contribution in [0, 0.1) is 0 Å². The molecule has 8 heavy (non-hydrogen) atoms. The van der Waals surface area contributed by atoms with Crippen LogP contribution in [0.2, 0.25) is 0 Å². The lowest BCUT2D eigenvalue weighted by atomic mass is 10.3. The highest BCUT2D eigenvalue weighted by molar-refractivity contribution is 6.12. The molecule has 1 aliphatic heterocycles. The molecule has 0 bridgehead atoms. The standard InChI is InChI=1S/C5H6N2O/c6-5(8)4-1-2-7-3-4/h1,3H,2H2,(H2,6,8). The quantitative estimate of drug-likeness (QED) is 0.485. The minimum atomic E-state index is -0.397. The normalized spacial score (nSPS) is 16.2. The van der Waals surface area contributed by atoms with Crippen LogP contribution < -0.4 is 5.73 Å². The first-order chi connectivity index (χ1) is 3.80. The summed E-state index contributed by atoms with van der Waals surface area (Å²) in [4.78, 5) is 14.0. The van der Waals surface area contributed by atoms with Crippen molar-refractivity contribution in [2.45, 2.75) is 0 Å². The Hall–Kier alpha value is -1.12. The van der Waals surface area contributed by atoms with Gasteiger partial charge in [-0.2, -0.15) is 0 Å². The Morgan fingerprint density at radius 2 is 2.62 bits per heavy atom. The fourth-order valence-corrected chi connectivity index (χ4v) is 0.519. The molecule has 1 aliphatic rings. The zero-order valence-electron chi connectivity index (χ0n) is 4.29. The van der Waals surface area contributed by atoms with E-state index in [1.165, 1.54) is 6.21 Å². The molecule has 42 valence electrons. The van der Waals surface area contributed by atoms with Gasteiger partial charge in [-0.25, -0.2) is 0 Å². The Morgan fingerprint density at radius 1 is 1.88 bits per heavy atom. The summed E-state index contributed by atoms with van der Waals surface area (Å²) in [6.45, 7) is 0.596. The van der Waals surface area contributed by atoms with E-state index in [0.717, 1.165) is 0 Å². The van der Waals surface area contributed by atoms with E-state index in [9.17, 15) is 4.79 Å². The summed E-state index contributed by atoms with van der Waals surface area (Å²) in [5, 5.41) is 0. The Balaban J connectivity index is 2.72. The smallest absolute Gasteiger partial charge is 0.249 e. The van der Waals surface area contributed by atoms with Crippen molar-refractivity contribution in [2.75, 3.05) is 6.54 Å². The number of carbonyl (C=O) groups excluding carboxylic acids is 1. The van der Waals surface area contributed by atoms with Crippen molar-refractivity contribution in [2.24, 2.45) is 10.7 Å². The van der Waals surface area contributed by atoms with Gasteiger partial charge in [0, 0.05) is 6.21 Å². The highest BCUT2D eigenvalue weighted by atomic mass is 16.1. The molecule has 0 aromatic heterocycles. The molecule has 0 aromatic rings. The fourth-order valence-electron chi connectivity index (χ4n) is 0.519. The van der Waals surface area contributed by atoms with E-state index in [1.807, 2.05) is 0 Å². The Labute approximate surface area is 46.9 Å². The van der Waals surface area contributed by atoms with Crippen molar-refractivity contribution in [3.63, 3.8) is 0 Å². The van der Waals surface area contributed by atoms with E-state index in [-0.39, 0.29) is 0 Å². The first-order valence-corrected chi connectivity index (χ1v) is 2.30. The van der Waals surface area contributed by atoms with Gasteiger partial charge in [0.15, 0.2) is 0 Å². The minimum Gasteiger partial charge on any atom is -0.366 e. The molecule has 0 atom stereocenters. The molecule has 0 fully saturated rings. The minimum absolute atomic E-state index is 0.397. The second-order valence-corrected chi connectivity index (χ2v) is 1.52. The zero-order valence-corrected chi connectivity index (χ0v) is 4.29. The van der Waals surface area contributed by atoms with Crippen molar-refractivity contribution >= 4 is 12.1 Å². The van der Waals surface area contributed by atoms with Crippen LogP contribution in [0.4, 0.5) is 0 Å². The van der Waals surface area contributed by atoms with Gasteiger partial charge in [0.25, 0.3) is 0 Å². The number of hydrogen-bond donors (Lipinski definition) is 1. The number of primary amides is 1. The third-order valence-corrected chi connectivity index (χ3v) is 0.931. The summed E-state index contributed by atoms with van der Waals surface area (Å²) < 4.78 is 0. The summed E-state index contributed by atoms with van der Waals surface area (Å²) in [7, 11) is 0. The third kappa shape index (κ3) is 0.753. The molecular formula is C5H6N2O. The zero-order chi connectivity index (χ0) is 5.98. The number of nitrogens with two attached hydrogens (primary N) is 1. The molecule has 3 nitrogen and oxygen atoms in total. The van der Waals surface area contributed by atoms with E-state index in [0.29, 0.717) is 12.1 Å². The lowest BCUT2D eigenvalue weighted by molar-refractivity contribution is -0.114. The second-order valence-electron chi connectivity index (χ2n) is 1.52. The van der Waals surface area contributed by atoms with Crippen molar-refractivity contribution < 1.29 is 4.79 Å². The van der Waals surface area contributed by atoms with Gasteiger partial charge in [0.1, 0.15) is 0 Å². The molecule has 0 aromatic carbocycles. The van der Waals surface area contributed by atoms with Crippen LogP contribution in [-0.4, -0.2) is 18.7 Å². The SMILES string of the molecule is NC(=O)C1=CCN=C1. The fraction of sp³-hybridized carbons (Fsp3) is 0.200. The van der Waals surface area contributed by atoms with Crippen LogP contribution in [0.25, 0.3) is 0 Å². The number of hydrogen-bond acceptors (Lipinski definition) is 2. The van der Waals surface area contributed by atoms with Crippen LogP contribution in [0.1, 0.15) is 0 Å². The maximum absolute atomic E-state index is 10.3. The molecule has 0 aliphatic carbocycles. The summed E-state index contributed by atoms with van der Waals surface area (Å²) in [6, 6.07) is 0.